The first kappa shape index (κ1) is 20.2. The quantitative estimate of drug-likeness (QED) is 0.689. The van der Waals surface area contributed by atoms with Gasteiger partial charge in [-0.2, -0.15) is 0 Å². The van der Waals surface area contributed by atoms with E-state index in [1.165, 1.54) is 13.8 Å². The van der Waals surface area contributed by atoms with Crippen LogP contribution in [0.2, 0.25) is 0 Å². The van der Waals surface area contributed by atoms with Gasteiger partial charge in [0.25, 0.3) is 11.8 Å². The topological polar surface area (TPSA) is 84.5 Å². The first-order valence-corrected chi connectivity index (χ1v) is 8.54. The largest absolute Gasteiger partial charge is 0.451 e. The number of rotatable bonds is 7. The highest BCUT2D eigenvalue weighted by Gasteiger charge is 2.23. The molecule has 0 aliphatic rings. The summed E-state index contributed by atoms with van der Waals surface area (Å²) in [5.74, 6) is -1.10. The van der Waals surface area contributed by atoms with Crippen molar-refractivity contribution in [1.29, 1.82) is 0 Å². The van der Waals surface area contributed by atoms with E-state index in [4.69, 9.17) is 4.74 Å². The average molecular weight is 399 g/mol. The minimum Gasteiger partial charge on any atom is -0.451 e. The fourth-order valence-electron chi connectivity index (χ4n) is 1.72. The van der Waals surface area contributed by atoms with Crippen LogP contribution in [0.3, 0.4) is 0 Å². The van der Waals surface area contributed by atoms with E-state index in [1.54, 1.807) is 24.3 Å². The fraction of sp³-hybridized carbons (Fsp3) is 0.471. The molecule has 2 atom stereocenters. The molecule has 1 aromatic rings. The van der Waals surface area contributed by atoms with Crippen LogP contribution < -0.4 is 10.6 Å². The Morgan fingerprint density at radius 2 is 1.67 bits per heavy atom. The van der Waals surface area contributed by atoms with Gasteiger partial charge in [-0.3, -0.25) is 9.59 Å². The molecule has 0 saturated carbocycles. The van der Waals surface area contributed by atoms with E-state index in [1.807, 2.05) is 13.8 Å². The van der Waals surface area contributed by atoms with Crippen molar-refractivity contribution >= 4 is 33.7 Å². The van der Waals surface area contributed by atoms with Gasteiger partial charge in [-0.1, -0.05) is 29.8 Å². The Morgan fingerprint density at radius 1 is 1.08 bits per heavy atom. The van der Waals surface area contributed by atoms with Crippen molar-refractivity contribution in [2.75, 3.05) is 6.54 Å². The SMILES string of the molecule is CC(C)CNC(=O)[C@@H](C)OC(=O)[C@H](C)NC(=O)c1ccc(Br)cc1. The summed E-state index contributed by atoms with van der Waals surface area (Å²) in [6.07, 6.45) is -0.914. The number of hydrogen-bond donors (Lipinski definition) is 2. The maximum absolute atomic E-state index is 12.1. The molecule has 0 aromatic heterocycles. The van der Waals surface area contributed by atoms with E-state index in [9.17, 15) is 14.4 Å². The summed E-state index contributed by atoms with van der Waals surface area (Å²) < 4.78 is 5.94. The van der Waals surface area contributed by atoms with Gasteiger partial charge in [-0.05, 0) is 44.0 Å². The summed E-state index contributed by atoms with van der Waals surface area (Å²) in [5.41, 5.74) is 0.431. The zero-order chi connectivity index (χ0) is 18.3. The Bertz CT molecular complexity index is 587. The van der Waals surface area contributed by atoms with Crippen LogP contribution in [0.5, 0.6) is 0 Å². The van der Waals surface area contributed by atoms with Crippen molar-refractivity contribution in [1.82, 2.24) is 10.6 Å². The van der Waals surface area contributed by atoms with Crippen LogP contribution in [0, 0.1) is 5.92 Å². The number of halogens is 1. The Labute approximate surface area is 150 Å². The highest BCUT2D eigenvalue weighted by Crippen LogP contribution is 2.10. The second kappa shape index (κ2) is 9.42. The number of carbonyl (C=O) groups is 3. The molecule has 2 N–H and O–H groups in total. The molecule has 0 aliphatic heterocycles. The highest BCUT2D eigenvalue weighted by molar-refractivity contribution is 9.10. The van der Waals surface area contributed by atoms with Crippen molar-refractivity contribution < 1.29 is 19.1 Å². The van der Waals surface area contributed by atoms with Crippen LogP contribution in [-0.4, -0.2) is 36.5 Å². The maximum atomic E-state index is 12.1. The van der Waals surface area contributed by atoms with Crippen molar-refractivity contribution in [3.63, 3.8) is 0 Å². The number of ether oxygens (including phenoxy) is 1. The summed E-state index contributed by atoms with van der Waals surface area (Å²) in [7, 11) is 0. The Morgan fingerprint density at radius 3 is 2.21 bits per heavy atom. The molecule has 132 valence electrons. The molecule has 0 spiro atoms. The maximum Gasteiger partial charge on any atom is 0.329 e. The smallest absolute Gasteiger partial charge is 0.329 e. The third-order valence-corrected chi connectivity index (χ3v) is 3.68. The Hall–Kier alpha value is -1.89. The van der Waals surface area contributed by atoms with E-state index in [2.05, 4.69) is 26.6 Å². The van der Waals surface area contributed by atoms with Gasteiger partial charge in [0.1, 0.15) is 6.04 Å². The molecule has 0 fully saturated rings. The zero-order valence-corrected chi connectivity index (χ0v) is 15.8. The monoisotopic (exact) mass is 398 g/mol. The van der Waals surface area contributed by atoms with Crippen LogP contribution in [-0.2, 0) is 14.3 Å². The van der Waals surface area contributed by atoms with Gasteiger partial charge in [0.15, 0.2) is 6.10 Å². The molecule has 7 heteroatoms. The number of benzene rings is 1. The van der Waals surface area contributed by atoms with Gasteiger partial charge in [-0.15, -0.1) is 0 Å². The summed E-state index contributed by atoms with van der Waals surface area (Å²) >= 11 is 3.29. The molecule has 0 saturated heterocycles. The Kier molecular flexibility index (Phi) is 7.91. The second-order valence-corrected chi connectivity index (χ2v) is 6.84. The third kappa shape index (κ3) is 6.70. The van der Waals surface area contributed by atoms with Crippen LogP contribution >= 0.6 is 15.9 Å². The average Bonchev–Trinajstić information content (AvgIpc) is 2.52. The zero-order valence-electron chi connectivity index (χ0n) is 14.3. The molecule has 0 aliphatic carbocycles. The second-order valence-electron chi connectivity index (χ2n) is 5.92. The molecule has 1 rings (SSSR count). The van der Waals surface area contributed by atoms with Gasteiger partial charge >= 0.3 is 5.97 Å². The third-order valence-electron chi connectivity index (χ3n) is 3.15. The molecule has 6 nitrogen and oxygen atoms in total. The molecular formula is C17H23BrN2O4. The predicted molar refractivity (Wildman–Crippen MR) is 94.5 cm³/mol. The van der Waals surface area contributed by atoms with Crippen molar-refractivity contribution in [3.8, 4) is 0 Å². The van der Waals surface area contributed by atoms with Crippen LogP contribution in [0.4, 0.5) is 0 Å². The minimum absolute atomic E-state index is 0.306. The van der Waals surface area contributed by atoms with E-state index in [0.29, 0.717) is 18.0 Å². The fourth-order valence-corrected chi connectivity index (χ4v) is 1.98. The summed E-state index contributed by atoms with van der Waals surface area (Å²) in [6.45, 7) is 7.46. The molecule has 0 unspecified atom stereocenters. The predicted octanol–water partition coefficient (Wildman–Crippen LogP) is 2.27. The summed E-state index contributed by atoms with van der Waals surface area (Å²) in [4.78, 5) is 35.8. The van der Waals surface area contributed by atoms with Gasteiger partial charge in [0.05, 0.1) is 0 Å². The molecule has 0 bridgehead atoms. The van der Waals surface area contributed by atoms with E-state index < -0.39 is 18.1 Å². The normalized spacial score (nSPS) is 13.1. The lowest BCUT2D eigenvalue weighted by Crippen LogP contribution is -2.44. The number of hydrogen-bond acceptors (Lipinski definition) is 4. The summed E-state index contributed by atoms with van der Waals surface area (Å²) in [6, 6.07) is 5.89. The Balaban J connectivity index is 2.50. The van der Waals surface area contributed by atoms with Crippen molar-refractivity contribution in [2.45, 2.75) is 39.8 Å². The first-order valence-electron chi connectivity index (χ1n) is 7.75. The number of esters is 1. The van der Waals surface area contributed by atoms with Crippen molar-refractivity contribution in [2.24, 2.45) is 5.92 Å². The van der Waals surface area contributed by atoms with Crippen LogP contribution in [0.25, 0.3) is 0 Å². The molecular weight excluding hydrogens is 376 g/mol. The van der Waals surface area contributed by atoms with Crippen LogP contribution in [0.1, 0.15) is 38.1 Å². The van der Waals surface area contributed by atoms with Gasteiger partial charge in [-0.25, -0.2) is 4.79 Å². The van der Waals surface area contributed by atoms with Crippen LogP contribution in [0.15, 0.2) is 28.7 Å². The van der Waals surface area contributed by atoms with Crippen molar-refractivity contribution in [3.05, 3.63) is 34.3 Å². The highest BCUT2D eigenvalue weighted by atomic mass is 79.9. The number of nitrogens with one attached hydrogen (secondary N) is 2. The molecule has 24 heavy (non-hydrogen) atoms. The lowest BCUT2D eigenvalue weighted by molar-refractivity contribution is -0.156. The molecule has 2 amide bonds. The molecule has 1 aromatic carbocycles. The molecule has 0 heterocycles. The van der Waals surface area contributed by atoms with Gasteiger partial charge < -0.3 is 15.4 Å². The van der Waals surface area contributed by atoms with Gasteiger partial charge in [0, 0.05) is 16.6 Å². The lowest BCUT2D eigenvalue weighted by Gasteiger charge is -2.18. The van der Waals surface area contributed by atoms with E-state index in [0.717, 1.165) is 4.47 Å². The lowest BCUT2D eigenvalue weighted by atomic mass is 10.2. The van der Waals surface area contributed by atoms with E-state index in [-0.39, 0.29) is 11.8 Å². The standard InChI is InChI=1S/C17H23BrN2O4/c1-10(2)9-19-15(21)12(4)24-17(23)11(3)20-16(22)13-5-7-14(18)8-6-13/h5-8,10-12H,9H2,1-4H3,(H,19,21)(H,20,22)/t11-,12+/m0/s1. The van der Waals surface area contributed by atoms with Gasteiger partial charge in [0.2, 0.25) is 0 Å². The number of carbonyl (C=O) groups excluding carboxylic acids is 3. The first-order chi connectivity index (χ1) is 11.2. The number of amides is 2. The minimum atomic E-state index is -0.914. The van der Waals surface area contributed by atoms with E-state index >= 15 is 0 Å². The molecule has 0 radical (unpaired) electrons. The summed E-state index contributed by atoms with van der Waals surface area (Å²) in [5, 5.41) is 5.24.